The first-order chi connectivity index (χ1) is 10.2. The third kappa shape index (κ3) is 4.22. The van der Waals surface area contributed by atoms with Crippen LogP contribution >= 0.6 is 0 Å². The number of para-hydroxylation sites is 1. The molecule has 3 nitrogen and oxygen atoms in total. The van der Waals surface area contributed by atoms with Crippen molar-refractivity contribution >= 4 is 5.69 Å². The lowest BCUT2D eigenvalue weighted by Gasteiger charge is -2.19. The second-order valence-electron chi connectivity index (χ2n) is 4.71. The summed E-state index contributed by atoms with van der Waals surface area (Å²) >= 11 is 0. The van der Waals surface area contributed by atoms with Crippen LogP contribution in [0.25, 0.3) is 0 Å². The molecule has 0 bridgehead atoms. The Bertz CT molecular complexity index is 619. The molecule has 0 aromatic heterocycles. The number of halogens is 1. The molecule has 0 amide bonds. The molecule has 0 radical (unpaired) electrons. The van der Waals surface area contributed by atoms with Crippen molar-refractivity contribution in [2.75, 3.05) is 25.1 Å². The highest BCUT2D eigenvalue weighted by molar-refractivity contribution is 5.45. The summed E-state index contributed by atoms with van der Waals surface area (Å²) in [6, 6.07) is 15.7. The Kier molecular flexibility index (Phi) is 5.16. The van der Waals surface area contributed by atoms with E-state index < -0.39 is 0 Å². The fourth-order valence-electron chi connectivity index (χ4n) is 1.99. The minimum Gasteiger partial charge on any atom is -0.492 e. The maximum absolute atomic E-state index is 12.9. The zero-order valence-corrected chi connectivity index (χ0v) is 11.9. The molecule has 21 heavy (non-hydrogen) atoms. The van der Waals surface area contributed by atoms with Gasteiger partial charge in [-0.05, 0) is 42.8 Å². The summed E-state index contributed by atoms with van der Waals surface area (Å²) in [4.78, 5) is 2.04. The number of benzene rings is 2. The Labute approximate surface area is 124 Å². The zero-order valence-electron chi connectivity index (χ0n) is 11.9. The number of anilines is 1. The normalized spacial score (nSPS) is 9.95. The largest absolute Gasteiger partial charge is 0.492 e. The summed E-state index contributed by atoms with van der Waals surface area (Å²) in [6.45, 7) is 1.32. The summed E-state index contributed by atoms with van der Waals surface area (Å²) in [6.07, 6.45) is 0.813. The number of hydrogen-bond acceptors (Lipinski definition) is 3. The van der Waals surface area contributed by atoms with E-state index in [-0.39, 0.29) is 5.82 Å². The Hall–Kier alpha value is -2.54. The first-order valence-corrected chi connectivity index (χ1v) is 6.79. The molecular weight excluding hydrogens is 267 g/mol. The third-order valence-electron chi connectivity index (χ3n) is 3.17. The first-order valence-electron chi connectivity index (χ1n) is 6.79. The molecule has 0 heterocycles. The highest BCUT2D eigenvalue weighted by Gasteiger charge is 2.03. The Morgan fingerprint density at radius 3 is 2.57 bits per heavy atom. The standard InChI is InChI=1S/C17H17FN2O/c1-20(16-9-7-15(18)8-10-16)11-4-12-21-17-6-3-2-5-14(17)13-19/h2-3,5-10H,4,11-12H2,1H3. The molecule has 2 aromatic carbocycles. The van der Waals surface area contributed by atoms with E-state index in [0.29, 0.717) is 17.9 Å². The number of nitrogens with zero attached hydrogens (tertiary/aromatic N) is 2. The minimum absolute atomic E-state index is 0.233. The van der Waals surface area contributed by atoms with Crippen LogP contribution in [-0.4, -0.2) is 20.2 Å². The fourth-order valence-corrected chi connectivity index (χ4v) is 1.99. The van der Waals surface area contributed by atoms with Gasteiger partial charge in [0.05, 0.1) is 12.2 Å². The van der Waals surface area contributed by atoms with Gasteiger partial charge in [0.2, 0.25) is 0 Å². The molecule has 0 aliphatic heterocycles. The van der Waals surface area contributed by atoms with Crippen molar-refractivity contribution in [3.05, 3.63) is 59.9 Å². The monoisotopic (exact) mass is 284 g/mol. The molecule has 0 atom stereocenters. The van der Waals surface area contributed by atoms with Crippen molar-refractivity contribution < 1.29 is 9.13 Å². The van der Waals surface area contributed by atoms with Crippen LogP contribution in [0.15, 0.2) is 48.5 Å². The number of rotatable bonds is 6. The van der Waals surface area contributed by atoms with E-state index >= 15 is 0 Å². The lowest BCUT2D eigenvalue weighted by Crippen LogP contribution is -2.20. The molecule has 0 aliphatic carbocycles. The van der Waals surface area contributed by atoms with Crippen molar-refractivity contribution in [2.45, 2.75) is 6.42 Å². The van der Waals surface area contributed by atoms with Gasteiger partial charge in [0, 0.05) is 19.3 Å². The average molecular weight is 284 g/mol. The maximum atomic E-state index is 12.9. The maximum Gasteiger partial charge on any atom is 0.137 e. The summed E-state index contributed by atoms with van der Waals surface area (Å²) < 4.78 is 18.5. The van der Waals surface area contributed by atoms with Crippen molar-refractivity contribution in [3.8, 4) is 11.8 Å². The second kappa shape index (κ2) is 7.30. The van der Waals surface area contributed by atoms with Crippen molar-refractivity contribution in [3.63, 3.8) is 0 Å². The summed E-state index contributed by atoms with van der Waals surface area (Å²) in [5.74, 6) is 0.382. The molecular formula is C17H17FN2O. The van der Waals surface area contributed by atoms with Crippen LogP contribution in [0.1, 0.15) is 12.0 Å². The summed E-state index contributed by atoms with van der Waals surface area (Å²) in [5, 5.41) is 8.97. The predicted octanol–water partition coefficient (Wildman–Crippen LogP) is 3.60. The highest BCUT2D eigenvalue weighted by atomic mass is 19.1. The quantitative estimate of drug-likeness (QED) is 0.760. The van der Waals surface area contributed by atoms with E-state index in [4.69, 9.17) is 10.00 Å². The van der Waals surface area contributed by atoms with Gasteiger partial charge < -0.3 is 9.64 Å². The molecule has 108 valence electrons. The molecule has 2 aromatic rings. The average Bonchev–Trinajstić information content (AvgIpc) is 2.52. The lowest BCUT2D eigenvalue weighted by molar-refractivity contribution is 0.311. The van der Waals surface area contributed by atoms with Gasteiger partial charge in [0.25, 0.3) is 0 Å². The van der Waals surface area contributed by atoms with Gasteiger partial charge >= 0.3 is 0 Å². The fraction of sp³-hybridized carbons (Fsp3) is 0.235. The lowest BCUT2D eigenvalue weighted by atomic mass is 10.2. The van der Waals surface area contributed by atoms with Crippen molar-refractivity contribution in [1.82, 2.24) is 0 Å². The number of nitriles is 1. The van der Waals surface area contributed by atoms with Gasteiger partial charge in [-0.25, -0.2) is 4.39 Å². The van der Waals surface area contributed by atoms with Crippen molar-refractivity contribution in [1.29, 1.82) is 5.26 Å². The molecule has 0 N–H and O–H groups in total. The van der Waals surface area contributed by atoms with Crippen LogP contribution in [0.4, 0.5) is 10.1 Å². The van der Waals surface area contributed by atoms with Gasteiger partial charge in [-0.15, -0.1) is 0 Å². The molecule has 2 rings (SSSR count). The first kappa shape index (κ1) is 14.9. The molecule has 0 fully saturated rings. The van der Waals surface area contributed by atoms with Gasteiger partial charge in [0.15, 0.2) is 0 Å². The van der Waals surface area contributed by atoms with Crippen LogP contribution < -0.4 is 9.64 Å². The van der Waals surface area contributed by atoms with E-state index in [1.54, 1.807) is 24.3 Å². The minimum atomic E-state index is -0.233. The van der Waals surface area contributed by atoms with Gasteiger partial charge in [-0.3, -0.25) is 0 Å². The Balaban J connectivity index is 1.79. The molecule has 4 heteroatoms. The van der Waals surface area contributed by atoms with E-state index in [1.807, 2.05) is 24.1 Å². The Morgan fingerprint density at radius 2 is 1.86 bits per heavy atom. The topological polar surface area (TPSA) is 36.3 Å². The van der Waals surface area contributed by atoms with Gasteiger partial charge in [-0.1, -0.05) is 12.1 Å². The van der Waals surface area contributed by atoms with E-state index in [1.165, 1.54) is 12.1 Å². The van der Waals surface area contributed by atoms with Crippen LogP contribution in [0.2, 0.25) is 0 Å². The van der Waals surface area contributed by atoms with Crippen LogP contribution in [0.3, 0.4) is 0 Å². The van der Waals surface area contributed by atoms with Crippen LogP contribution in [-0.2, 0) is 0 Å². The molecule has 0 aliphatic rings. The molecule has 0 saturated carbocycles. The third-order valence-corrected chi connectivity index (χ3v) is 3.17. The zero-order chi connectivity index (χ0) is 15.1. The predicted molar refractivity (Wildman–Crippen MR) is 80.9 cm³/mol. The van der Waals surface area contributed by atoms with Crippen LogP contribution in [0.5, 0.6) is 5.75 Å². The second-order valence-corrected chi connectivity index (χ2v) is 4.71. The number of hydrogen-bond donors (Lipinski definition) is 0. The molecule has 0 spiro atoms. The smallest absolute Gasteiger partial charge is 0.137 e. The SMILES string of the molecule is CN(CCCOc1ccccc1C#N)c1ccc(F)cc1. The molecule has 0 saturated heterocycles. The van der Waals surface area contributed by atoms with Crippen molar-refractivity contribution in [2.24, 2.45) is 0 Å². The van der Waals surface area contributed by atoms with Gasteiger partial charge in [-0.2, -0.15) is 5.26 Å². The summed E-state index contributed by atoms with van der Waals surface area (Å²) in [5.41, 5.74) is 1.51. The highest BCUT2D eigenvalue weighted by Crippen LogP contribution is 2.17. The molecule has 0 unspecified atom stereocenters. The van der Waals surface area contributed by atoms with E-state index in [9.17, 15) is 4.39 Å². The van der Waals surface area contributed by atoms with Gasteiger partial charge in [0.1, 0.15) is 17.6 Å². The van der Waals surface area contributed by atoms with E-state index in [0.717, 1.165) is 18.7 Å². The Morgan fingerprint density at radius 1 is 1.14 bits per heavy atom. The summed E-state index contributed by atoms with van der Waals surface area (Å²) in [7, 11) is 1.95. The number of ether oxygens (including phenoxy) is 1. The van der Waals surface area contributed by atoms with Crippen LogP contribution in [0, 0.1) is 17.1 Å². The van der Waals surface area contributed by atoms with E-state index in [2.05, 4.69) is 6.07 Å².